The molecule has 0 spiro atoms. The SMILES string of the molecule is CC(C)Cc1cc(C(=O)Nc2ccc(OCC3CCCCO3)cc2)no1. The Kier molecular flexibility index (Phi) is 6.28. The number of nitrogens with one attached hydrogen (secondary N) is 1. The van der Waals surface area contributed by atoms with Crippen LogP contribution in [-0.4, -0.2) is 30.4 Å². The predicted octanol–water partition coefficient (Wildman–Crippen LogP) is 4.07. The van der Waals surface area contributed by atoms with Crippen LogP contribution < -0.4 is 10.1 Å². The molecule has 26 heavy (non-hydrogen) atoms. The molecule has 6 heteroatoms. The Bertz CT molecular complexity index is 703. The summed E-state index contributed by atoms with van der Waals surface area (Å²) in [4.78, 5) is 12.2. The summed E-state index contributed by atoms with van der Waals surface area (Å²) in [7, 11) is 0. The summed E-state index contributed by atoms with van der Waals surface area (Å²) in [5.74, 6) is 1.65. The molecule has 1 aliphatic rings. The van der Waals surface area contributed by atoms with Crippen molar-refractivity contribution in [1.82, 2.24) is 5.16 Å². The lowest BCUT2D eigenvalue weighted by Gasteiger charge is -2.22. The van der Waals surface area contributed by atoms with Crippen molar-refractivity contribution in [3.63, 3.8) is 0 Å². The highest BCUT2D eigenvalue weighted by Crippen LogP contribution is 2.19. The first-order valence-electron chi connectivity index (χ1n) is 9.21. The van der Waals surface area contributed by atoms with E-state index >= 15 is 0 Å². The molecular weight excluding hydrogens is 332 g/mol. The van der Waals surface area contributed by atoms with Gasteiger partial charge in [-0.05, 0) is 49.4 Å². The molecule has 3 rings (SSSR count). The summed E-state index contributed by atoms with van der Waals surface area (Å²) in [6.45, 7) is 5.56. The summed E-state index contributed by atoms with van der Waals surface area (Å²) >= 11 is 0. The van der Waals surface area contributed by atoms with Crippen LogP contribution in [0.1, 0.15) is 49.4 Å². The fraction of sp³-hybridized carbons (Fsp3) is 0.500. The van der Waals surface area contributed by atoms with Crippen LogP contribution in [0, 0.1) is 5.92 Å². The molecule has 1 fully saturated rings. The van der Waals surface area contributed by atoms with Gasteiger partial charge in [-0.1, -0.05) is 19.0 Å². The topological polar surface area (TPSA) is 73.6 Å². The summed E-state index contributed by atoms with van der Waals surface area (Å²) in [6.07, 6.45) is 4.31. The van der Waals surface area contributed by atoms with Crippen molar-refractivity contribution in [3.05, 3.63) is 41.8 Å². The Hall–Kier alpha value is -2.34. The molecule has 6 nitrogen and oxygen atoms in total. The molecule has 1 aliphatic heterocycles. The van der Waals surface area contributed by atoms with Crippen LogP contribution in [-0.2, 0) is 11.2 Å². The van der Waals surface area contributed by atoms with Gasteiger partial charge in [0.05, 0.1) is 6.10 Å². The van der Waals surface area contributed by atoms with Gasteiger partial charge in [0.15, 0.2) is 5.69 Å². The van der Waals surface area contributed by atoms with Gasteiger partial charge in [0.1, 0.15) is 18.1 Å². The van der Waals surface area contributed by atoms with E-state index in [4.69, 9.17) is 14.0 Å². The zero-order valence-corrected chi connectivity index (χ0v) is 15.4. The van der Waals surface area contributed by atoms with Crippen molar-refractivity contribution in [2.75, 3.05) is 18.5 Å². The second-order valence-corrected chi connectivity index (χ2v) is 7.05. The van der Waals surface area contributed by atoms with E-state index in [9.17, 15) is 4.79 Å². The molecule has 0 aliphatic carbocycles. The summed E-state index contributed by atoms with van der Waals surface area (Å²) in [5.41, 5.74) is 0.972. The van der Waals surface area contributed by atoms with Gasteiger partial charge < -0.3 is 19.3 Å². The third-order valence-electron chi connectivity index (χ3n) is 4.22. The quantitative estimate of drug-likeness (QED) is 0.807. The lowest BCUT2D eigenvalue weighted by atomic mass is 10.1. The maximum atomic E-state index is 12.2. The van der Waals surface area contributed by atoms with Crippen LogP contribution in [0.2, 0.25) is 0 Å². The van der Waals surface area contributed by atoms with E-state index in [-0.39, 0.29) is 17.7 Å². The Labute approximate surface area is 153 Å². The maximum absolute atomic E-state index is 12.2. The molecule has 1 aromatic heterocycles. The van der Waals surface area contributed by atoms with Crippen molar-refractivity contribution in [3.8, 4) is 5.75 Å². The Morgan fingerprint density at radius 1 is 1.31 bits per heavy atom. The van der Waals surface area contributed by atoms with Gasteiger partial charge in [-0.15, -0.1) is 0 Å². The van der Waals surface area contributed by atoms with Crippen molar-refractivity contribution >= 4 is 11.6 Å². The van der Waals surface area contributed by atoms with Crippen LogP contribution in [0.4, 0.5) is 5.69 Å². The Morgan fingerprint density at radius 3 is 2.81 bits per heavy atom. The first-order chi connectivity index (χ1) is 12.6. The van der Waals surface area contributed by atoms with Crippen LogP contribution in [0.15, 0.2) is 34.9 Å². The van der Waals surface area contributed by atoms with Gasteiger partial charge in [-0.25, -0.2) is 0 Å². The Balaban J connectivity index is 1.50. The normalized spacial score (nSPS) is 17.3. The van der Waals surface area contributed by atoms with E-state index < -0.39 is 0 Å². The summed E-state index contributed by atoms with van der Waals surface area (Å²) < 4.78 is 16.6. The van der Waals surface area contributed by atoms with Crippen LogP contribution >= 0.6 is 0 Å². The van der Waals surface area contributed by atoms with Crippen molar-refractivity contribution < 1.29 is 18.8 Å². The van der Waals surface area contributed by atoms with E-state index in [1.54, 1.807) is 6.07 Å². The third-order valence-corrected chi connectivity index (χ3v) is 4.22. The largest absolute Gasteiger partial charge is 0.491 e. The van der Waals surface area contributed by atoms with Crippen molar-refractivity contribution in [1.29, 1.82) is 0 Å². The molecule has 0 radical (unpaired) electrons. The van der Waals surface area contributed by atoms with Crippen LogP contribution in [0.25, 0.3) is 0 Å². The molecule has 2 aromatic rings. The number of rotatable bonds is 7. The number of aromatic nitrogens is 1. The minimum atomic E-state index is -0.284. The molecule has 140 valence electrons. The lowest BCUT2D eigenvalue weighted by Crippen LogP contribution is -2.25. The van der Waals surface area contributed by atoms with Crippen LogP contribution in [0.5, 0.6) is 5.75 Å². The van der Waals surface area contributed by atoms with E-state index in [0.29, 0.717) is 18.2 Å². The Morgan fingerprint density at radius 2 is 2.12 bits per heavy atom. The number of hydrogen-bond acceptors (Lipinski definition) is 5. The number of benzene rings is 1. The highest BCUT2D eigenvalue weighted by molar-refractivity contribution is 6.02. The minimum Gasteiger partial charge on any atom is -0.491 e. The first-order valence-corrected chi connectivity index (χ1v) is 9.21. The number of carbonyl (C=O) groups excluding carboxylic acids is 1. The molecule has 1 unspecified atom stereocenters. The van der Waals surface area contributed by atoms with Gasteiger partial charge in [0, 0.05) is 24.8 Å². The van der Waals surface area contributed by atoms with Gasteiger partial charge >= 0.3 is 0 Å². The summed E-state index contributed by atoms with van der Waals surface area (Å²) in [5, 5.41) is 6.65. The van der Waals surface area contributed by atoms with Crippen molar-refractivity contribution in [2.45, 2.75) is 45.6 Å². The van der Waals surface area contributed by atoms with Crippen molar-refractivity contribution in [2.24, 2.45) is 5.92 Å². The summed E-state index contributed by atoms with van der Waals surface area (Å²) in [6, 6.07) is 8.99. The minimum absolute atomic E-state index is 0.176. The fourth-order valence-corrected chi connectivity index (χ4v) is 2.88. The number of nitrogens with zero attached hydrogens (tertiary/aromatic N) is 1. The molecular formula is C20H26N2O4. The second-order valence-electron chi connectivity index (χ2n) is 7.05. The molecule has 2 heterocycles. The lowest BCUT2D eigenvalue weighted by molar-refractivity contribution is -0.0110. The number of carbonyl (C=O) groups is 1. The molecule has 1 amide bonds. The molecule has 1 atom stereocenters. The number of amides is 1. The fourth-order valence-electron chi connectivity index (χ4n) is 2.88. The third kappa shape index (κ3) is 5.33. The average Bonchev–Trinajstić information content (AvgIpc) is 3.10. The molecule has 0 bridgehead atoms. The van der Waals surface area contributed by atoms with E-state index in [1.165, 1.54) is 6.42 Å². The number of ether oxygens (including phenoxy) is 2. The first kappa shape index (κ1) is 18.5. The zero-order chi connectivity index (χ0) is 18.4. The van der Waals surface area contributed by atoms with E-state index in [1.807, 2.05) is 24.3 Å². The standard InChI is InChI=1S/C20H26N2O4/c1-14(2)11-18-12-19(22-26-18)20(23)21-15-6-8-16(9-7-15)25-13-17-5-3-4-10-24-17/h6-9,12,14,17H,3-5,10-11,13H2,1-2H3,(H,21,23). The smallest absolute Gasteiger partial charge is 0.277 e. The molecule has 1 N–H and O–H groups in total. The maximum Gasteiger partial charge on any atom is 0.277 e. The van der Waals surface area contributed by atoms with E-state index in [0.717, 1.165) is 37.4 Å². The highest BCUT2D eigenvalue weighted by Gasteiger charge is 2.15. The van der Waals surface area contributed by atoms with Gasteiger partial charge in [0.25, 0.3) is 5.91 Å². The second kappa shape index (κ2) is 8.85. The molecule has 1 saturated heterocycles. The highest BCUT2D eigenvalue weighted by atomic mass is 16.5. The van der Waals surface area contributed by atoms with Gasteiger partial charge in [-0.2, -0.15) is 0 Å². The van der Waals surface area contributed by atoms with E-state index in [2.05, 4.69) is 24.3 Å². The zero-order valence-electron chi connectivity index (χ0n) is 15.4. The van der Waals surface area contributed by atoms with Gasteiger partial charge in [0.2, 0.25) is 0 Å². The van der Waals surface area contributed by atoms with Gasteiger partial charge in [-0.3, -0.25) is 4.79 Å². The monoisotopic (exact) mass is 358 g/mol. The average molecular weight is 358 g/mol. The van der Waals surface area contributed by atoms with Crippen LogP contribution in [0.3, 0.4) is 0 Å². The number of anilines is 1. The molecule has 0 saturated carbocycles. The number of hydrogen-bond donors (Lipinski definition) is 1. The predicted molar refractivity (Wildman–Crippen MR) is 98.5 cm³/mol. The molecule has 1 aromatic carbocycles.